The maximum Gasteiger partial charge on any atom is 0.454 e. The number of nitrogens with one attached hydrogen (secondary N) is 1. The average Bonchev–Trinajstić information content (AvgIpc) is 2.61. The van der Waals surface area contributed by atoms with E-state index in [9.17, 15) is 31.5 Å². The van der Waals surface area contributed by atoms with Gasteiger partial charge in [-0.2, -0.15) is 22.0 Å². The van der Waals surface area contributed by atoms with Crippen LogP contribution in [0.3, 0.4) is 0 Å². The van der Waals surface area contributed by atoms with Gasteiger partial charge >= 0.3 is 24.3 Å². The van der Waals surface area contributed by atoms with Crippen molar-refractivity contribution in [1.29, 1.82) is 0 Å². The van der Waals surface area contributed by atoms with Crippen molar-refractivity contribution in [3.05, 3.63) is 0 Å². The van der Waals surface area contributed by atoms with Crippen LogP contribution in [-0.2, 0) is 4.74 Å². The Kier molecular flexibility index (Phi) is 9.08. The second kappa shape index (κ2) is 10.4. The molecule has 2 rings (SSSR count). The molecule has 2 aliphatic heterocycles. The van der Waals surface area contributed by atoms with Crippen LogP contribution < -0.4 is 5.32 Å². The molecular weight excluding hydrogens is 419 g/mol. The molecule has 0 aliphatic carbocycles. The van der Waals surface area contributed by atoms with Gasteiger partial charge in [-0.1, -0.05) is 0 Å². The summed E-state index contributed by atoms with van der Waals surface area (Å²) in [6.07, 6.45) is -6.97. The van der Waals surface area contributed by atoms with Crippen LogP contribution in [0, 0.1) is 0 Å². The minimum absolute atomic E-state index is 0.0662. The number of alkyl halides is 5. The first kappa shape index (κ1) is 26.1. The number of piperazine rings is 2. The highest BCUT2D eigenvalue weighted by atomic mass is 19.4. The molecule has 0 aromatic heterocycles. The number of ether oxygens (including phenoxy) is 1. The van der Waals surface area contributed by atoms with Crippen LogP contribution in [0.5, 0.6) is 0 Å². The topological polar surface area (TPSA) is 85.3 Å². The maximum atomic E-state index is 12.7. The number of carbonyl (C=O) groups is 2. The van der Waals surface area contributed by atoms with E-state index in [0.717, 1.165) is 36.0 Å². The van der Waals surface area contributed by atoms with Crippen molar-refractivity contribution in [2.75, 3.05) is 58.9 Å². The molecule has 8 nitrogen and oxygen atoms in total. The van der Waals surface area contributed by atoms with Crippen molar-refractivity contribution >= 4 is 12.2 Å². The Morgan fingerprint density at radius 3 is 1.80 bits per heavy atom. The predicted octanol–water partition coefficient (Wildman–Crippen LogP) is 2.31. The molecule has 0 radical (unpaired) electrons. The van der Waals surface area contributed by atoms with Crippen LogP contribution in [0.2, 0.25) is 0 Å². The SMILES string of the molecule is CC(C)(C)OC(=O)N1CCNCC1.O=C(O)N1CCN(CC(F)(F)C(F)(F)F)CC1. The molecule has 176 valence electrons. The molecule has 0 aromatic carbocycles. The maximum absolute atomic E-state index is 12.7. The van der Waals surface area contributed by atoms with E-state index in [-0.39, 0.29) is 37.9 Å². The molecule has 2 aliphatic rings. The minimum Gasteiger partial charge on any atom is -0.465 e. The zero-order chi connectivity index (χ0) is 23.2. The normalized spacial score (nSPS) is 19.1. The summed E-state index contributed by atoms with van der Waals surface area (Å²) < 4.78 is 66.3. The number of carbonyl (C=O) groups excluding carboxylic acids is 1. The van der Waals surface area contributed by atoms with Gasteiger partial charge < -0.3 is 25.0 Å². The van der Waals surface area contributed by atoms with Gasteiger partial charge in [-0.25, -0.2) is 9.59 Å². The Morgan fingerprint density at radius 2 is 1.40 bits per heavy atom. The number of halogens is 5. The number of amides is 2. The van der Waals surface area contributed by atoms with E-state index in [4.69, 9.17) is 9.84 Å². The van der Waals surface area contributed by atoms with Crippen molar-refractivity contribution in [3.63, 3.8) is 0 Å². The Bertz CT molecular complexity index is 569. The summed E-state index contributed by atoms with van der Waals surface area (Å²) in [6.45, 7) is 7.04. The molecule has 2 N–H and O–H groups in total. The molecule has 13 heteroatoms. The lowest BCUT2D eigenvalue weighted by Crippen LogP contribution is -2.54. The van der Waals surface area contributed by atoms with Gasteiger partial charge in [0, 0.05) is 52.4 Å². The van der Waals surface area contributed by atoms with E-state index < -0.39 is 24.7 Å². The summed E-state index contributed by atoms with van der Waals surface area (Å²) in [4.78, 5) is 25.6. The lowest BCUT2D eigenvalue weighted by molar-refractivity contribution is -0.287. The fourth-order valence-electron chi connectivity index (χ4n) is 2.64. The zero-order valence-electron chi connectivity index (χ0n) is 17.3. The third-order valence-electron chi connectivity index (χ3n) is 4.25. The van der Waals surface area contributed by atoms with Crippen LogP contribution in [0.1, 0.15) is 20.8 Å². The molecule has 2 heterocycles. The van der Waals surface area contributed by atoms with Gasteiger partial charge in [-0.15, -0.1) is 0 Å². The summed E-state index contributed by atoms with van der Waals surface area (Å²) in [5.74, 6) is -4.77. The van der Waals surface area contributed by atoms with Gasteiger partial charge in [0.05, 0.1) is 6.54 Å². The first-order valence-corrected chi connectivity index (χ1v) is 9.46. The van der Waals surface area contributed by atoms with Gasteiger partial charge in [0.25, 0.3) is 0 Å². The Labute approximate surface area is 171 Å². The van der Waals surface area contributed by atoms with Crippen molar-refractivity contribution in [2.24, 2.45) is 0 Å². The smallest absolute Gasteiger partial charge is 0.454 e. The molecule has 0 atom stereocenters. The fraction of sp³-hybridized carbons (Fsp3) is 0.882. The van der Waals surface area contributed by atoms with Crippen LogP contribution in [0.15, 0.2) is 0 Å². The van der Waals surface area contributed by atoms with Crippen LogP contribution in [0.25, 0.3) is 0 Å². The standard InChI is InChI=1S/C9H18N2O2.C8H11F5N2O2/c1-9(2,3)13-8(12)11-6-4-10-5-7-11;9-7(10,8(11,12)13)5-14-1-3-15(4-2-14)6(16)17/h10H,4-7H2,1-3H3;1-5H2,(H,16,17). The average molecular weight is 448 g/mol. The number of hydrogen-bond donors (Lipinski definition) is 2. The summed E-state index contributed by atoms with van der Waals surface area (Å²) >= 11 is 0. The molecular formula is C17H29F5N4O4. The number of hydrogen-bond acceptors (Lipinski definition) is 5. The van der Waals surface area contributed by atoms with Crippen LogP contribution in [-0.4, -0.2) is 109 Å². The molecule has 0 saturated carbocycles. The van der Waals surface area contributed by atoms with Gasteiger partial charge in [0.1, 0.15) is 5.60 Å². The van der Waals surface area contributed by atoms with Crippen LogP contribution in [0.4, 0.5) is 31.5 Å². The first-order chi connectivity index (χ1) is 13.6. The molecule has 30 heavy (non-hydrogen) atoms. The van der Waals surface area contributed by atoms with E-state index >= 15 is 0 Å². The summed E-state index contributed by atoms with van der Waals surface area (Å²) in [6, 6.07) is 0. The molecule has 0 spiro atoms. The van der Waals surface area contributed by atoms with E-state index in [1.165, 1.54) is 0 Å². The van der Waals surface area contributed by atoms with Crippen LogP contribution >= 0.6 is 0 Å². The van der Waals surface area contributed by atoms with Crippen molar-refractivity contribution < 1.29 is 41.4 Å². The highest BCUT2D eigenvalue weighted by molar-refractivity contribution is 5.68. The highest BCUT2D eigenvalue weighted by Gasteiger charge is 2.58. The second-order valence-corrected chi connectivity index (χ2v) is 7.97. The zero-order valence-corrected chi connectivity index (χ0v) is 17.3. The lowest BCUT2D eigenvalue weighted by atomic mass is 10.2. The number of rotatable bonds is 2. The third-order valence-corrected chi connectivity index (χ3v) is 4.25. The van der Waals surface area contributed by atoms with E-state index in [2.05, 4.69) is 5.32 Å². The Hall–Kier alpha value is -1.89. The highest BCUT2D eigenvalue weighted by Crippen LogP contribution is 2.36. The largest absolute Gasteiger partial charge is 0.465 e. The van der Waals surface area contributed by atoms with Crippen molar-refractivity contribution in [3.8, 4) is 0 Å². The predicted molar refractivity (Wildman–Crippen MR) is 97.7 cm³/mol. The third kappa shape index (κ3) is 8.86. The van der Waals surface area contributed by atoms with Crippen molar-refractivity contribution in [2.45, 2.75) is 38.5 Å². The molecule has 0 aromatic rings. The van der Waals surface area contributed by atoms with E-state index in [1.54, 1.807) is 4.90 Å². The monoisotopic (exact) mass is 448 g/mol. The summed E-state index contributed by atoms with van der Waals surface area (Å²) in [7, 11) is 0. The number of nitrogens with zero attached hydrogens (tertiary/aromatic N) is 3. The van der Waals surface area contributed by atoms with Gasteiger partial charge in [-0.3, -0.25) is 4.90 Å². The second-order valence-electron chi connectivity index (χ2n) is 7.97. The summed E-state index contributed by atoms with van der Waals surface area (Å²) in [5.41, 5.74) is -0.387. The Morgan fingerprint density at radius 1 is 0.900 bits per heavy atom. The first-order valence-electron chi connectivity index (χ1n) is 9.46. The molecule has 2 amide bonds. The molecule has 0 unspecified atom stereocenters. The van der Waals surface area contributed by atoms with Crippen molar-refractivity contribution in [1.82, 2.24) is 20.0 Å². The van der Waals surface area contributed by atoms with E-state index in [0.29, 0.717) is 0 Å². The number of carboxylic acid groups (broad SMARTS) is 1. The van der Waals surface area contributed by atoms with Gasteiger partial charge in [0.2, 0.25) is 0 Å². The van der Waals surface area contributed by atoms with Gasteiger partial charge in [0.15, 0.2) is 0 Å². The molecule has 2 fully saturated rings. The molecule has 2 saturated heterocycles. The Balaban J connectivity index is 0.000000311. The molecule has 0 bridgehead atoms. The summed E-state index contributed by atoms with van der Waals surface area (Å²) in [5, 5.41) is 11.7. The fourth-order valence-corrected chi connectivity index (χ4v) is 2.64. The lowest BCUT2D eigenvalue weighted by Gasteiger charge is -2.35. The quantitative estimate of drug-likeness (QED) is 0.631. The van der Waals surface area contributed by atoms with E-state index in [1.807, 2.05) is 20.8 Å². The minimum atomic E-state index is -5.57. The van der Waals surface area contributed by atoms with Gasteiger partial charge in [-0.05, 0) is 20.8 Å².